The molecule has 0 amide bonds. The van der Waals surface area contributed by atoms with Crippen molar-refractivity contribution < 1.29 is 0 Å². The van der Waals surface area contributed by atoms with Crippen molar-refractivity contribution in [1.29, 1.82) is 0 Å². The van der Waals surface area contributed by atoms with Crippen LogP contribution in [0.4, 0.5) is 0 Å². The number of nitrogens with zero attached hydrogens (tertiary/aromatic N) is 6. The first kappa shape index (κ1) is 40.3. The van der Waals surface area contributed by atoms with Gasteiger partial charge in [0.2, 0.25) is 0 Å². The molecule has 0 bridgehead atoms. The Morgan fingerprint density at radius 1 is 0.556 bits per heavy atom. The molecule has 0 unspecified atom stereocenters. The molecule has 2 aliphatic heterocycles. The number of hydrogen-bond acceptors (Lipinski definition) is 10. The van der Waals surface area contributed by atoms with Gasteiger partial charge in [0.15, 0.2) is 0 Å². The highest BCUT2D eigenvalue weighted by Crippen LogP contribution is 2.30. The first-order chi connectivity index (χ1) is 21.6. The van der Waals surface area contributed by atoms with Gasteiger partial charge in [-0.3, -0.25) is 19.5 Å². The smallest absolute Gasteiger partial charge is 0.272 e. The summed E-state index contributed by atoms with van der Waals surface area (Å²) in [4.78, 5) is 16.0. The third-order valence-corrected chi connectivity index (χ3v) is 7.39. The van der Waals surface area contributed by atoms with E-state index in [1.54, 1.807) is 0 Å². The second-order valence-corrected chi connectivity index (χ2v) is 10.5. The van der Waals surface area contributed by atoms with Crippen LogP contribution in [0.2, 0.25) is 0 Å². The standard InChI is InChI=1S/C13H14N4.C13H22N4.C6H18N4.ClH/c1-14-10-16-8-9-17(11-15-2)13(16)12-6-4-3-5-7-12;14-6-8-16-10-11-17(9-7-15)13(16)12-4-2-1-3-5-12;7-1-3-9-5-6-10-4-2-8;/h3-7,13H,8-11H2;1-5,13H,6-11,14-15H2;9-10H,1-8H2;1H. The predicted molar refractivity (Wildman–Crippen MR) is 187 cm³/mol. The van der Waals surface area contributed by atoms with E-state index in [1.807, 2.05) is 18.2 Å². The van der Waals surface area contributed by atoms with Crippen LogP contribution in [0, 0.1) is 13.1 Å². The number of rotatable bonds is 15. The maximum Gasteiger partial charge on any atom is 0.272 e. The van der Waals surface area contributed by atoms with Crippen molar-refractivity contribution in [1.82, 2.24) is 30.2 Å². The van der Waals surface area contributed by atoms with E-state index < -0.39 is 0 Å². The van der Waals surface area contributed by atoms with Crippen LogP contribution in [-0.2, 0) is 0 Å². The Morgan fingerprint density at radius 3 is 1.24 bits per heavy atom. The summed E-state index contributed by atoms with van der Waals surface area (Å²) in [6.07, 6.45) is 0.433. The summed E-state index contributed by atoms with van der Waals surface area (Å²) < 4.78 is 0. The molecule has 0 aromatic heterocycles. The summed E-state index contributed by atoms with van der Waals surface area (Å²) in [5.41, 5.74) is 24.4. The van der Waals surface area contributed by atoms with Crippen LogP contribution in [-0.4, -0.2) is 125 Å². The van der Waals surface area contributed by atoms with Gasteiger partial charge in [-0.15, -0.1) is 12.4 Å². The van der Waals surface area contributed by atoms with Gasteiger partial charge in [-0.05, 0) is 11.1 Å². The lowest BCUT2D eigenvalue weighted by Crippen LogP contribution is -2.36. The molecule has 2 aliphatic rings. The zero-order valence-corrected chi connectivity index (χ0v) is 27.5. The highest BCUT2D eigenvalue weighted by molar-refractivity contribution is 5.85. The van der Waals surface area contributed by atoms with Crippen molar-refractivity contribution in [2.75, 3.05) is 105 Å². The van der Waals surface area contributed by atoms with E-state index >= 15 is 0 Å². The normalized spacial score (nSPS) is 16.1. The fourth-order valence-corrected chi connectivity index (χ4v) is 5.47. The topological polar surface area (TPSA) is 150 Å². The Morgan fingerprint density at radius 2 is 0.911 bits per heavy atom. The Bertz CT molecular complexity index is 1020. The first-order valence-electron chi connectivity index (χ1n) is 15.6. The van der Waals surface area contributed by atoms with E-state index in [-0.39, 0.29) is 18.6 Å². The highest BCUT2D eigenvalue weighted by Gasteiger charge is 2.35. The second kappa shape index (κ2) is 25.5. The number of nitrogens with two attached hydrogens (primary N) is 4. The Kier molecular flexibility index (Phi) is 22.9. The largest absolute Gasteiger partial charge is 0.329 e. The quantitative estimate of drug-likeness (QED) is 0.122. The molecule has 10 N–H and O–H groups in total. The molecule has 2 heterocycles. The van der Waals surface area contributed by atoms with Gasteiger partial charge in [-0.2, -0.15) is 0 Å². The zero-order valence-electron chi connectivity index (χ0n) is 26.6. The number of nitrogens with one attached hydrogen (secondary N) is 2. The van der Waals surface area contributed by atoms with Gasteiger partial charge in [0, 0.05) is 91.6 Å². The fourth-order valence-electron chi connectivity index (χ4n) is 5.47. The molecular weight excluding hydrogens is 588 g/mol. The summed E-state index contributed by atoms with van der Waals surface area (Å²) in [5.74, 6) is 0. The summed E-state index contributed by atoms with van der Waals surface area (Å²) in [6.45, 7) is 27.1. The van der Waals surface area contributed by atoms with Gasteiger partial charge in [-0.1, -0.05) is 60.7 Å². The highest BCUT2D eigenvalue weighted by atomic mass is 35.5. The molecule has 250 valence electrons. The molecule has 0 atom stereocenters. The van der Waals surface area contributed by atoms with Gasteiger partial charge in [0.05, 0.1) is 6.17 Å². The molecule has 2 saturated heterocycles. The number of halogens is 1. The summed E-state index contributed by atoms with van der Waals surface area (Å²) in [6, 6.07) is 20.7. The monoisotopic (exact) mass is 642 g/mol. The van der Waals surface area contributed by atoms with Crippen molar-refractivity contribution in [3.05, 3.63) is 94.6 Å². The molecule has 0 radical (unpaired) electrons. The average Bonchev–Trinajstić information content (AvgIpc) is 3.64. The third kappa shape index (κ3) is 14.5. The van der Waals surface area contributed by atoms with E-state index in [1.165, 1.54) is 5.56 Å². The summed E-state index contributed by atoms with van der Waals surface area (Å²) in [7, 11) is 0. The van der Waals surface area contributed by atoms with Crippen molar-refractivity contribution in [2.45, 2.75) is 12.3 Å². The van der Waals surface area contributed by atoms with E-state index in [0.717, 1.165) is 71.0 Å². The van der Waals surface area contributed by atoms with E-state index in [4.69, 9.17) is 36.1 Å². The second-order valence-electron chi connectivity index (χ2n) is 10.5. The summed E-state index contributed by atoms with van der Waals surface area (Å²) >= 11 is 0. The predicted octanol–water partition coefficient (Wildman–Crippen LogP) is 0.781. The van der Waals surface area contributed by atoms with Crippen LogP contribution >= 0.6 is 12.4 Å². The zero-order chi connectivity index (χ0) is 31.8. The SMILES string of the molecule is Cl.NCCN1CCN(CCN)C1c1ccccc1.NCCNCCNCCN.[C-]#[N+]CN1CCN(C[N+]#[C-])C1c1ccccc1. The summed E-state index contributed by atoms with van der Waals surface area (Å²) in [5, 5.41) is 6.33. The van der Waals surface area contributed by atoms with Gasteiger partial charge in [0.25, 0.3) is 13.3 Å². The Labute approximate surface area is 277 Å². The number of hydrogen-bond donors (Lipinski definition) is 6. The van der Waals surface area contributed by atoms with Crippen LogP contribution in [0.15, 0.2) is 60.7 Å². The minimum atomic E-state index is 0. The minimum absolute atomic E-state index is 0. The van der Waals surface area contributed by atoms with Crippen LogP contribution in [0.5, 0.6) is 0 Å². The molecule has 45 heavy (non-hydrogen) atoms. The molecular formula is C32H55ClN12. The Hall–Kier alpha value is -2.69. The molecule has 0 spiro atoms. The van der Waals surface area contributed by atoms with E-state index in [9.17, 15) is 0 Å². The molecule has 0 aliphatic carbocycles. The number of benzene rings is 2. The van der Waals surface area contributed by atoms with Crippen LogP contribution < -0.4 is 33.6 Å². The van der Waals surface area contributed by atoms with Crippen LogP contribution in [0.25, 0.3) is 9.69 Å². The van der Waals surface area contributed by atoms with Gasteiger partial charge >= 0.3 is 0 Å². The molecule has 2 fully saturated rings. The van der Waals surface area contributed by atoms with Gasteiger partial charge in [-0.25, -0.2) is 22.9 Å². The average molecular weight is 643 g/mol. The van der Waals surface area contributed by atoms with Crippen LogP contribution in [0.3, 0.4) is 0 Å². The molecule has 0 saturated carbocycles. The lowest BCUT2D eigenvalue weighted by atomic mass is 10.1. The molecule has 4 rings (SSSR count). The van der Waals surface area contributed by atoms with Crippen molar-refractivity contribution in [2.24, 2.45) is 22.9 Å². The lowest BCUT2D eigenvalue weighted by Gasteiger charge is -2.30. The van der Waals surface area contributed by atoms with Gasteiger partial charge < -0.3 is 33.6 Å². The van der Waals surface area contributed by atoms with Gasteiger partial charge in [0.1, 0.15) is 6.17 Å². The first-order valence-corrected chi connectivity index (χ1v) is 15.6. The lowest BCUT2D eigenvalue weighted by molar-refractivity contribution is 0.143. The Balaban J connectivity index is 0.000000347. The van der Waals surface area contributed by atoms with E-state index in [0.29, 0.717) is 45.7 Å². The molecule has 2 aromatic rings. The van der Waals surface area contributed by atoms with Crippen molar-refractivity contribution in [3.63, 3.8) is 0 Å². The third-order valence-electron chi connectivity index (χ3n) is 7.39. The molecule has 12 nitrogen and oxygen atoms in total. The van der Waals surface area contributed by atoms with Crippen LogP contribution in [0.1, 0.15) is 23.5 Å². The fraction of sp³-hybridized carbons (Fsp3) is 0.562. The molecule has 13 heteroatoms. The van der Waals surface area contributed by atoms with E-state index in [2.05, 4.69) is 82.4 Å². The van der Waals surface area contributed by atoms with Crippen molar-refractivity contribution in [3.8, 4) is 0 Å². The molecule has 2 aromatic carbocycles. The maximum atomic E-state index is 6.99. The maximum absolute atomic E-state index is 6.99. The minimum Gasteiger partial charge on any atom is -0.329 e. The van der Waals surface area contributed by atoms with Crippen molar-refractivity contribution >= 4 is 12.4 Å².